The van der Waals surface area contributed by atoms with E-state index in [4.69, 9.17) is 5.73 Å². The van der Waals surface area contributed by atoms with Gasteiger partial charge in [-0.05, 0) is 49.1 Å². The van der Waals surface area contributed by atoms with Crippen LogP contribution in [0.1, 0.15) is 28.8 Å². The second-order valence-corrected chi connectivity index (χ2v) is 6.16. The monoisotopic (exact) mass is 376 g/mol. The highest BCUT2D eigenvalue weighted by atomic mass is 35.5. The molecule has 3 rings (SSSR count). The lowest BCUT2D eigenvalue weighted by molar-refractivity contribution is -0.384. The van der Waals surface area contributed by atoms with E-state index in [1.165, 1.54) is 6.07 Å². The SMILES string of the molecule is Cl.Nc1ccc(CCNC(=O)c2ccc(NC3CC3)c([N+](=O)[O-])c2)cc1. The van der Waals surface area contributed by atoms with E-state index in [1.54, 1.807) is 12.1 Å². The number of nitro benzene ring substituents is 1. The average molecular weight is 377 g/mol. The van der Waals surface area contributed by atoms with E-state index < -0.39 is 4.92 Å². The van der Waals surface area contributed by atoms with Crippen molar-refractivity contribution >= 4 is 35.4 Å². The summed E-state index contributed by atoms with van der Waals surface area (Å²) < 4.78 is 0. The normalized spacial score (nSPS) is 12.8. The van der Waals surface area contributed by atoms with E-state index in [-0.39, 0.29) is 29.6 Å². The number of nitrogens with two attached hydrogens (primary N) is 1. The topological polar surface area (TPSA) is 110 Å². The molecule has 1 amide bonds. The highest BCUT2D eigenvalue weighted by Crippen LogP contribution is 2.31. The van der Waals surface area contributed by atoms with E-state index >= 15 is 0 Å². The molecule has 0 spiro atoms. The molecular weight excluding hydrogens is 356 g/mol. The van der Waals surface area contributed by atoms with Gasteiger partial charge in [0.05, 0.1) is 4.92 Å². The number of nitrogen functional groups attached to an aromatic ring is 1. The third kappa shape index (κ3) is 5.10. The van der Waals surface area contributed by atoms with Crippen LogP contribution in [-0.4, -0.2) is 23.4 Å². The van der Waals surface area contributed by atoms with Crippen LogP contribution >= 0.6 is 12.4 Å². The Hall–Kier alpha value is -2.80. The van der Waals surface area contributed by atoms with Crippen LogP contribution < -0.4 is 16.4 Å². The number of amides is 1. The zero-order valence-corrected chi connectivity index (χ0v) is 14.9. The molecule has 7 nitrogen and oxygen atoms in total. The Kier molecular flexibility index (Phi) is 6.41. The van der Waals surface area contributed by atoms with Crippen molar-refractivity contribution in [3.05, 3.63) is 63.7 Å². The first kappa shape index (κ1) is 19.5. The molecule has 0 bridgehead atoms. The van der Waals surface area contributed by atoms with Gasteiger partial charge in [-0.15, -0.1) is 12.4 Å². The molecule has 138 valence electrons. The molecule has 1 saturated carbocycles. The van der Waals surface area contributed by atoms with Gasteiger partial charge in [-0.1, -0.05) is 12.1 Å². The van der Waals surface area contributed by atoms with Gasteiger partial charge >= 0.3 is 0 Å². The first-order valence-electron chi connectivity index (χ1n) is 8.20. The molecule has 2 aromatic rings. The summed E-state index contributed by atoms with van der Waals surface area (Å²) in [6, 6.07) is 12.3. The fourth-order valence-corrected chi connectivity index (χ4v) is 2.50. The van der Waals surface area contributed by atoms with Crippen LogP contribution in [0.5, 0.6) is 0 Å². The van der Waals surface area contributed by atoms with Crippen LogP contribution in [-0.2, 0) is 6.42 Å². The Labute approximate surface area is 157 Å². The molecule has 4 N–H and O–H groups in total. The summed E-state index contributed by atoms with van der Waals surface area (Å²) in [7, 11) is 0. The zero-order valence-electron chi connectivity index (χ0n) is 14.1. The van der Waals surface area contributed by atoms with Crippen molar-refractivity contribution in [2.24, 2.45) is 0 Å². The number of anilines is 2. The van der Waals surface area contributed by atoms with Crippen molar-refractivity contribution < 1.29 is 9.72 Å². The maximum Gasteiger partial charge on any atom is 0.293 e. The second kappa shape index (κ2) is 8.53. The van der Waals surface area contributed by atoms with E-state index in [1.807, 2.05) is 24.3 Å². The number of carbonyl (C=O) groups is 1. The van der Waals surface area contributed by atoms with Gasteiger partial charge < -0.3 is 16.4 Å². The molecule has 0 aliphatic heterocycles. The largest absolute Gasteiger partial charge is 0.399 e. The van der Waals surface area contributed by atoms with Crippen LogP contribution in [0.3, 0.4) is 0 Å². The smallest absolute Gasteiger partial charge is 0.293 e. The lowest BCUT2D eigenvalue weighted by Crippen LogP contribution is -2.25. The summed E-state index contributed by atoms with van der Waals surface area (Å²) in [6.45, 7) is 0.443. The molecule has 8 heteroatoms. The highest BCUT2D eigenvalue weighted by molar-refractivity contribution is 5.95. The van der Waals surface area contributed by atoms with E-state index in [0.717, 1.165) is 18.4 Å². The van der Waals surface area contributed by atoms with E-state index in [9.17, 15) is 14.9 Å². The van der Waals surface area contributed by atoms with Crippen molar-refractivity contribution in [2.75, 3.05) is 17.6 Å². The molecule has 0 unspecified atom stereocenters. The lowest BCUT2D eigenvalue weighted by atomic mass is 10.1. The summed E-state index contributed by atoms with van der Waals surface area (Å²) in [5, 5.41) is 17.2. The maximum atomic E-state index is 12.2. The van der Waals surface area contributed by atoms with Crippen LogP contribution in [0, 0.1) is 10.1 Å². The number of nitrogens with zero attached hydrogens (tertiary/aromatic N) is 1. The number of carbonyl (C=O) groups excluding carboxylic acids is 1. The van der Waals surface area contributed by atoms with Gasteiger partial charge in [0.15, 0.2) is 0 Å². The van der Waals surface area contributed by atoms with Gasteiger partial charge in [0, 0.05) is 29.9 Å². The molecule has 0 atom stereocenters. The Morgan fingerprint density at radius 1 is 1.19 bits per heavy atom. The standard InChI is InChI=1S/C18H20N4O3.ClH/c19-14-4-1-12(2-5-14)9-10-20-18(23)13-3-8-16(21-15-6-7-15)17(11-13)22(24)25;/h1-5,8,11,15,21H,6-7,9-10,19H2,(H,20,23);1H. The Morgan fingerprint density at radius 3 is 2.50 bits per heavy atom. The number of benzene rings is 2. The molecule has 2 aromatic carbocycles. The fraction of sp³-hybridized carbons (Fsp3) is 0.278. The van der Waals surface area contributed by atoms with Crippen LogP contribution in [0.4, 0.5) is 17.1 Å². The molecule has 0 aromatic heterocycles. The average Bonchev–Trinajstić information content (AvgIpc) is 3.40. The van der Waals surface area contributed by atoms with Gasteiger partial charge in [-0.2, -0.15) is 0 Å². The molecule has 1 aliphatic rings. The number of nitrogens with one attached hydrogen (secondary N) is 2. The van der Waals surface area contributed by atoms with Crippen LogP contribution in [0.2, 0.25) is 0 Å². The number of nitro groups is 1. The van der Waals surface area contributed by atoms with Gasteiger partial charge in [0.2, 0.25) is 0 Å². The summed E-state index contributed by atoms with van der Waals surface area (Å²) >= 11 is 0. The summed E-state index contributed by atoms with van der Waals surface area (Å²) in [5.74, 6) is -0.323. The van der Waals surface area contributed by atoms with E-state index in [2.05, 4.69) is 10.6 Å². The highest BCUT2D eigenvalue weighted by Gasteiger charge is 2.25. The van der Waals surface area contributed by atoms with Crippen molar-refractivity contribution in [3.63, 3.8) is 0 Å². The van der Waals surface area contributed by atoms with Gasteiger partial charge in [0.25, 0.3) is 11.6 Å². The quantitative estimate of drug-likeness (QED) is 0.390. The third-order valence-electron chi connectivity index (χ3n) is 4.07. The molecule has 0 radical (unpaired) electrons. The molecule has 26 heavy (non-hydrogen) atoms. The summed E-state index contributed by atoms with van der Waals surface area (Å²) in [4.78, 5) is 23.0. The number of rotatable bonds is 7. The minimum Gasteiger partial charge on any atom is -0.399 e. The van der Waals surface area contributed by atoms with Crippen molar-refractivity contribution in [1.29, 1.82) is 0 Å². The van der Waals surface area contributed by atoms with Crippen molar-refractivity contribution in [1.82, 2.24) is 5.32 Å². The minimum atomic E-state index is -0.462. The van der Waals surface area contributed by atoms with Gasteiger partial charge in [0.1, 0.15) is 5.69 Å². The number of halogens is 1. The molecule has 1 aliphatic carbocycles. The van der Waals surface area contributed by atoms with Gasteiger partial charge in [-0.25, -0.2) is 0 Å². The Morgan fingerprint density at radius 2 is 1.88 bits per heavy atom. The summed E-state index contributed by atoms with van der Waals surface area (Å²) in [6.07, 6.45) is 2.70. The van der Waals surface area contributed by atoms with Crippen molar-refractivity contribution in [2.45, 2.75) is 25.3 Å². The molecule has 0 heterocycles. The minimum absolute atomic E-state index is 0. The molecule has 0 saturated heterocycles. The number of hydrogen-bond acceptors (Lipinski definition) is 5. The molecule has 1 fully saturated rings. The molecular formula is C18H21ClN4O3. The lowest BCUT2D eigenvalue weighted by Gasteiger charge is -2.09. The predicted molar refractivity (Wildman–Crippen MR) is 104 cm³/mol. The van der Waals surface area contributed by atoms with Crippen LogP contribution in [0.15, 0.2) is 42.5 Å². The number of hydrogen-bond donors (Lipinski definition) is 3. The van der Waals surface area contributed by atoms with Crippen molar-refractivity contribution in [3.8, 4) is 0 Å². The van der Waals surface area contributed by atoms with Crippen LogP contribution in [0.25, 0.3) is 0 Å². The predicted octanol–water partition coefficient (Wildman–Crippen LogP) is 3.15. The fourth-order valence-electron chi connectivity index (χ4n) is 2.50. The Bertz CT molecular complexity index is 792. The maximum absolute atomic E-state index is 12.2. The third-order valence-corrected chi connectivity index (χ3v) is 4.07. The summed E-state index contributed by atoms with van der Waals surface area (Å²) in [5.41, 5.74) is 8.06. The first-order chi connectivity index (χ1) is 12.0. The Balaban J connectivity index is 0.00000243. The van der Waals surface area contributed by atoms with Gasteiger partial charge in [-0.3, -0.25) is 14.9 Å². The zero-order chi connectivity index (χ0) is 17.8. The van der Waals surface area contributed by atoms with E-state index in [0.29, 0.717) is 30.4 Å². The first-order valence-corrected chi connectivity index (χ1v) is 8.20. The second-order valence-electron chi connectivity index (χ2n) is 6.16.